The van der Waals surface area contributed by atoms with Gasteiger partial charge in [0.25, 0.3) is 0 Å². The van der Waals surface area contributed by atoms with Crippen LogP contribution in [-0.4, -0.2) is 156 Å². The molecule has 19 nitrogen and oxygen atoms in total. The first kappa shape index (κ1) is 36.2. The Morgan fingerprint density at radius 2 is 1.65 bits per heavy atom. The average molecular weight is 699 g/mol. The van der Waals surface area contributed by atoms with Crippen LogP contribution in [0, 0.1) is 0 Å². The number of hydrogen-bond acceptors (Lipinski definition) is 16. The molecular formula is C30H38N2O17. The molecular weight excluding hydrogens is 660 g/mol. The van der Waals surface area contributed by atoms with E-state index < -0.39 is 104 Å². The van der Waals surface area contributed by atoms with Crippen LogP contribution in [0.25, 0.3) is 0 Å². The first-order chi connectivity index (χ1) is 23.1. The summed E-state index contributed by atoms with van der Waals surface area (Å²) in [4.78, 5) is 36.8. The van der Waals surface area contributed by atoms with Crippen LogP contribution in [0.4, 0.5) is 5.69 Å². The minimum Gasteiger partial charge on any atom is -0.504 e. The molecule has 1 aromatic rings. The number of aliphatic hydroxyl groups is 6. The van der Waals surface area contributed by atoms with Crippen molar-refractivity contribution in [2.24, 2.45) is 0 Å². The molecule has 0 unspecified atom stereocenters. The lowest BCUT2D eigenvalue weighted by molar-refractivity contribution is -0.354. The van der Waals surface area contributed by atoms with Crippen molar-refractivity contribution in [3.8, 4) is 11.5 Å². The highest BCUT2D eigenvalue weighted by Gasteiger charge is 2.51. The number of aliphatic hydroxyl groups excluding tert-OH is 6. The Morgan fingerprint density at radius 1 is 0.939 bits per heavy atom. The lowest BCUT2D eigenvalue weighted by Gasteiger charge is -2.45. The number of nitrogens with zero attached hydrogens (tertiary/aromatic N) is 1. The highest BCUT2D eigenvalue weighted by atomic mass is 16.8. The molecule has 19 heteroatoms. The summed E-state index contributed by atoms with van der Waals surface area (Å²) in [7, 11) is 0. The van der Waals surface area contributed by atoms with Gasteiger partial charge in [-0.15, -0.1) is 0 Å². The number of nitrogens with one attached hydrogen (secondary N) is 1. The second-order valence-electron chi connectivity index (χ2n) is 12.1. The summed E-state index contributed by atoms with van der Waals surface area (Å²) < 4.78 is 22.7. The maximum absolute atomic E-state index is 12.3. The summed E-state index contributed by atoms with van der Waals surface area (Å²) in [6.07, 6.45) is -13.5. The van der Waals surface area contributed by atoms with Crippen LogP contribution in [0.2, 0.25) is 0 Å². The van der Waals surface area contributed by atoms with Gasteiger partial charge in [0.2, 0.25) is 6.29 Å². The molecule has 0 aliphatic carbocycles. The maximum atomic E-state index is 12.3. The Balaban J connectivity index is 1.44. The number of phenolic OH excluding ortho intramolecular Hbond substituents is 1. The number of aromatic hydroxyl groups is 1. The van der Waals surface area contributed by atoms with Crippen LogP contribution < -0.4 is 15.0 Å². The van der Waals surface area contributed by atoms with Gasteiger partial charge < -0.3 is 80.2 Å². The van der Waals surface area contributed by atoms with Crippen molar-refractivity contribution in [2.75, 3.05) is 18.1 Å². The number of anilines is 1. The van der Waals surface area contributed by atoms with Gasteiger partial charge in [0.15, 0.2) is 23.9 Å². The zero-order valence-electron chi connectivity index (χ0n) is 25.8. The fourth-order valence-corrected chi connectivity index (χ4v) is 6.15. The largest absolute Gasteiger partial charge is 0.504 e. The van der Waals surface area contributed by atoms with Gasteiger partial charge in [-0.2, -0.15) is 0 Å². The molecule has 270 valence electrons. The number of carboxylic acids is 3. The molecule has 11 N–H and O–H groups in total. The van der Waals surface area contributed by atoms with Gasteiger partial charge in [-0.1, -0.05) is 6.08 Å². The number of aliphatic carboxylic acids is 3. The fraction of sp³-hybridized carbons (Fsp3) is 0.567. The molecule has 0 radical (unpaired) electrons. The smallest absolute Gasteiger partial charge is 0.351 e. The first-order valence-electron chi connectivity index (χ1n) is 15.2. The maximum Gasteiger partial charge on any atom is 0.351 e. The number of allylic oxidation sites excluding steroid dienone is 1. The summed E-state index contributed by atoms with van der Waals surface area (Å²) in [6.45, 7) is 0.469. The minimum absolute atomic E-state index is 0.0658. The van der Waals surface area contributed by atoms with Gasteiger partial charge in [0, 0.05) is 31.1 Å². The molecule has 2 saturated heterocycles. The summed E-state index contributed by atoms with van der Waals surface area (Å²) in [5.74, 6) is -4.72. The van der Waals surface area contributed by atoms with Crippen LogP contribution in [0.15, 0.2) is 35.6 Å². The van der Waals surface area contributed by atoms with Crippen molar-refractivity contribution < 1.29 is 84.4 Å². The van der Waals surface area contributed by atoms with Gasteiger partial charge in [0.1, 0.15) is 54.4 Å². The van der Waals surface area contributed by atoms with Crippen LogP contribution in [0.1, 0.15) is 18.9 Å². The molecule has 0 saturated carbocycles. The molecule has 0 bridgehead atoms. The van der Waals surface area contributed by atoms with Gasteiger partial charge in [-0.3, -0.25) is 0 Å². The molecule has 0 amide bonds. The normalized spacial score (nSPS) is 36.8. The molecule has 12 atom stereocenters. The van der Waals surface area contributed by atoms with E-state index in [1.165, 1.54) is 36.1 Å². The Bertz CT molecular complexity index is 1500. The lowest BCUT2D eigenvalue weighted by atomic mass is 9.97. The second kappa shape index (κ2) is 14.4. The molecule has 4 aliphatic rings. The van der Waals surface area contributed by atoms with Crippen LogP contribution >= 0.6 is 0 Å². The summed E-state index contributed by atoms with van der Waals surface area (Å²) in [5.41, 5.74) is 0.597. The zero-order chi connectivity index (χ0) is 35.9. The molecule has 4 aliphatic heterocycles. The third-order valence-electron chi connectivity index (χ3n) is 8.89. The standard InChI is InChI=1S/C30H38N2O17/c1-10-20(35)22(37)24(39)29(46-10)49-25-23(38)21(36)19(9-33)48-30(25)47-18-8-15-12(7-17(18)34)6-16(28(44)45)32(15)3-2-11-4-13(26(40)41)31-14(5-11)27(42)43/h2,4,7-8,10,14,16,19-25,29-31,33-39H,3,5-6,9H2,1H3,(H,40,41)(H,42,43)(H,44,45)/b11-2+/t10-,14+,16-,19+,20-,21+,22+,23-,24+,25+,29+,30-/m0/s1. The Labute approximate surface area is 277 Å². The topological polar surface area (TPSA) is 306 Å². The van der Waals surface area contributed by atoms with Crippen molar-refractivity contribution >= 4 is 23.6 Å². The number of hydrogen-bond donors (Lipinski definition) is 11. The highest BCUT2D eigenvalue weighted by Crippen LogP contribution is 2.42. The summed E-state index contributed by atoms with van der Waals surface area (Å²) in [6, 6.07) is 0.113. The zero-order valence-corrected chi connectivity index (χ0v) is 25.8. The summed E-state index contributed by atoms with van der Waals surface area (Å²) >= 11 is 0. The Morgan fingerprint density at radius 3 is 2.29 bits per heavy atom. The lowest BCUT2D eigenvalue weighted by Crippen LogP contribution is -2.64. The Kier molecular flexibility index (Phi) is 10.7. The van der Waals surface area contributed by atoms with Gasteiger partial charge >= 0.3 is 17.9 Å². The van der Waals surface area contributed by atoms with E-state index in [4.69, 9.17) is 18.9 Å². The fourth-order valence-electron chi connectivity index (χ4n) is 6.15. The van der Waals surface area contributed by atoms with Crippen molar-refractivity contribution in [3.63, 3.8) is 0 Å². The van der Waals surface area contributed by atoms with Crippen LogP contribution in [0.5, 0.6) is 11.5 Å². The SMILES string of the molecule is C[C@@H]1O[C@H](O[C@H]2[C@@H](Oc3cc4c(cc3O)C[C@@H](C(=O)O)N4C/C=C3\C=C(C(=O)O)N[C@@H](C(=O)O)C3)O[C@H](CO)[C@@H](O)[C@@H]2O)[C@H](O)[C@H](O)[C@H]1O. The predicted molar refractivity (Wildman–Crippen MR) is 159 cm³/mol. The molecule has 0 aromatic heterocycles. The molecule has 49 heavy (non-hydrogen) atoms. The third kappa shape index (κ3) is 7.30. The molecule has 0 spiro atoms. The van der Waals surface area contributed by atoms with E-state index in [2.05, 4.69) is 5.32 Å². The van der Waals surface area contributed by atoms with E-state index in [0.717, 1.165) is 0 Å². The van der Waals surface area contributed by atoms with Crippen LogP contribution in [0.3, 0.4) is 0 Å². The molecule has 5 rings (SSSR count). The molecule has 1 aromatic carbocycles. The van der Waals surface area contributed by atoms with Crippen LogP contribution in [-0.2, 0) is 35.0 Å². The monoisotopic (exact) mass is 698 g/mol. The van der Waals surface area contributed by atoms with Crippen molar-refractivity contribution in [3.05, 3.63) is 41.1 Å². The number of fused-ring (bicyclic) bond motifs is 1. The van der Waals surface area contributed by atoms with E-state index in [9.17, 15) is 65.4 Å². The highest BCUT2D eigenvalue weighted by molar-refractivity contribution is 5.89. The minimum atomic E-state index is -1.84. The number of carboxylic acid groups (broad SMARTS) is 3. The molecule has 2 fully saturated rings. The predicted octanol–water partition coefficient (Wildman–Crippen LogP) is -3.42. The van der Waals surface area contributed by atoms with E-state index in [-0.39, 0.29) is 36.5 Å². The van der Waals surface area contributed by atoms with E-state index in [1.807, 2.05) is 0 Å². The number of benzene rings is 1. The van der Waals surface area contributed by atoms with Crippen molar-refractivity contribution in [1.82, 2.24) is 5.32 Å². The summed E-state index contributed by atoms with van der Waals surface area (Å²) in [5, 5.41) is 104. The number of carbonyl (C=O) groups is 3. The quantitative estimate of drug-likeness (QED) is 0.113. The van der Waals surface area contributed by atoms with E-state index >= 15 is 0 Å². The van der Waals surface area contributed by atoms with Crippen molar-refractivity contribution in [1.29, 1.82) is 0 Å². The Hall–Kier alpha value is -4.05. The van der Waals surface area contributed by atoms with E-state index in [1.54, 1.807) is 0 Å². The second-order valence-corrected chi connectivity index (χ2v) is 12.1. The number of ether oxygens (including phenoxy) is 4. The number of phenols is 1. The van der Waals surface area contributed by atoms with Gasteiger partial charge in [-0.05, 0) is 30.2 Å². The molecule has 4 heterocycles. The average Bonchev–Trinajstić information content (AvgIpc) is 3.41. The van der Waals surface area contributed by atoms with Gasteiger partial charge in [-0.25, -0.2) is 14.4 Å². The third-order valence-corrected chi connectivity index (χ3v) is 8.89. The first-order valence-corrected chi connectivity index (χ1v) is 15.2. The van der Waals surface area contributed by atoms with Crippen molar-refractivity contribution in [2.45, 2.75) is 93.3 Å². The number of rotatable bonds is 10. The van der Waals surface area contributed by atoms with E-state index in [0.29, 0.717) is 11.1 Å². The van der Waals surface area contributed by atoms with Gasteiger partial charge in [0.05, 0.1) is 12.7 Å².